The highest BCUT2D eigenvalue weighted by atomic mass is 16.6. The van der Waals surface area contributed by atoms with Crippen LogP contribution in [0.25, 0.3) is 0 Å². The van der Waals surface area contributed by atoms with Crippen LogP contribution in [0.5, 0.6) is 0 Å². The van der Waals surface area contributed by atoms with Gasteiger partial charge in [-0.25, -0.2) is 4.79 Å². The molecule has 2 aliphatic rings. The summed E-state index contributed by atoms with van der Waals surface area (Å²) in [6.07, 6.45) is 0.846. The van der Waals surface area contributed by atoms with Gasteiger partial charge in [0, 0.05) is 32.2 Å². The van der Waals surface area contributed by atoms with Gasteiger partial charge in [0.15, 0.2) is 0 Å². The van der Waals surface area contributed by atoms with E-state index >= 15 is 0 Å². The molecule has 0 aromatic heterocycles. The van der Waals surface area contributed by atoms with Crippen LogP contribution in [0.3, 0.4) is 0 Å². The Hall–Kier alpha value is -1.30. The molecule has 2 saturated heterocycles. The molecule has 2 aliphatic heterocycles. The number of carbonyl (C=O) groups excluding carboxylic acids is 2. The van der Waals surface area contributed by atoms with Crippen LogP contribution in [0.15, 0.2) is 0 Å². The van der Waals surface area contributed by atoms with Crippen LogP contribution < -0.4 is 5.32 Å². The number of carbonyl (C=O) groups is 2. The average molecular weight is 284 g/mol. The fourth-order valence-corrected chi connectivity index (χ4v) is 3.06. The van der Waals surface area contributed by atoms with E-state index in [1.807, 2.05) is 20.8 Å². The van der Waals surface area contributed by atoms with Gasteiger partial charge in [-0.05, 0) is 33.6 Å². The van der Waals surface area contributed by atoms with Crippen molar-refractivity contribution in [2.24, 2.45) is 11.3 Å². The lowest BCUT2D eigenvalue weighted by Gasteiger charge is -2.40. The zero-order chi connectivity index (χ0) is 15.0. The molecule has 0 aromatic rings. The summed E-state index contributed by atoms with van der Waals surface area (Å²) >= 11 is 0. The summed E-state index contributed by atoms with van der Waals surface area (Å²) in [4.78, 5) is 25.7. The normalized spacial score (nSPS) is 25.7. The minimum Gasteiger partial charge on any atom is -0.444 e. The summed E-state index contributed by atoms with van der Waals surface area (Å²) in [7, 11) is 0. The third-order valence-corrected chi connectivity index (χ3v) is 4.27. The number of nitrogens with one attached hydrogen (secondary N) is 1. The van der Waals surface area contributed by atoms with Gasteiger partial charge >= 0.3 is 6.09 Å². The van der Waals surface area contributed by atoms with Gasteiger partial charge in [-0.3, -0.25) is 4.79 Å². The predicted molar refractivity (Wildman–Crippen MR) is 73.1 cm³/mol. The zero-order valence-corrected chi connectivity index (χ0v) is 12.4. The van der Waals surface area contributed by atoms with Crippen LogP contribution >= 0.6 is 0 Å². The van der Waals surface area contributed by atoms with Crippen molar-refractivity contribution in [2.75, 3.05) is 26.2 Å². The number of rotatable bonds is 1. The SMILES string of the molecule is CC(C)(C)OC(=O)N1CCC2(CC1)C(=O)NCC2CO. The van der Waals surface area contributed by atoms with Crippen LogP contribution in [0.2, 0.25) is 0 Å². The summed E-state index contributed by atoms with van der Waals surface area (Å²) in [5.74, 6) is -0.0313. The number of nitrogens with zero attached hydrogens (tertiary/aromatic N) is 1. The number of likely N-dealkylation sites (tertiary alicyclic amines) is 1. The van der Waals surface area contributed by atoms with Gasteiger partial charge in [-0.15, -0.1) is 0 Å². The van der Waals surface area contributed by atoms with Gasteiger partial charge in [0.25, 0.3) is 0 Å². The third kappa shape index (κ3) is 2.75. The van der Waals surface area contributed by atoms with Gasteiger partial charge in [-0.2, -0.15) is 0 Å². The fraction of sp³-hybridized carbons (Fsp3) is 0.857. The fourth-order valence-electron chi connectivity index (χ4n) is 3.06. The van der Waals surface area contributed by atoms with Crippen molar-refractivity contribution in [3.05, 3.63) is 0 Å². The Labute approximate surface area is 119 Å². The molecule has 1 unspecified atom stereocenters. The zero-order valence-electron chi connectivity index (χ0n) is 12.4. The van der Waals surface area contributed by atoms with E-state index in [0.717, 1.165) is 0 Å². The van der Waals surface area contributed by atoms with E-state index in [1.165, 1.54) is 0 Å². The molecule has 2 fully saturated rings. The lowest BCUT2D eigenvalue weighted by atomic mass is 9.70. The van der Waals surface area contributed by atoms with Crippen LogP contribution in [0.1, 0.15) is 33.6 Å². The Morgan fingerprint density at radius 2 is 2.05 bits per heavy atom. The smallest absolute Gasteiger partial charge is 0.410 e. The highest BCUT2D eigenvalue weighted by Gasteiger charge is 2.51. The van der Waals surface area contributed by atoms with E-state index in [2.05, 4.69) is 5.32 Å². The lowest BCUT2D eigenvalue weighted by molar-refractivity contribution is -0.132. The molecule has 6 nitrogen and oxygen atoms in total. The molecule has 0 bridgehead atoms. The van der Waals surface area contributed by atoms with E-state index in [1.54, 1.807) is 4.90 Å². The number of hydrogen-bond acceptors (Lipinski definition) is 4. The molecule has 0 aromatic carbocycles. The van der Waals surface area contributed by atoms with Crippen molar-refractivity contribution in [2.45, 2.75) is 39.2 Å². The quantitative estimate of drug-likeness (QED) is 0.744. The minimum absolute atomic E-state index is 0.00514. The van der Waals surface area contributed by atoms with Crippen LogP contribution in [-0.4, -0.2) is 53.8 Å². The van der Waals surface area contributed by atoms with Gasteiger partial charge in [0.05, 0.1) is 5.41 Å². The lowest BCUT2D eigenvalue weighted by Crippen LogP contribution is -2.49. The first-order valence-corrected chi connectivity index (χ1v) is 7.15. The number of ether oxygens (including phenoxy) is 1. The second-order valence-corrected chi connectivity index (χ2v) is 6.71. The number of amides is 2. The molecule has 1 atom stereocenters. The molecule has 2 heterocycles. The molecule has 114 valence electrons. The number of hydrogen-bond donors (Lipinski definition) is 2. The summed E-state index contributed by atoms with van der Waals surface area (Å²) in [5.41, 5.74) is -1.02. The Morgan fingerprint density at radius 1 is 1.45 bits per heavy atom. The van der Waals surface area contributed by atoms with Crippen molar-refractivity contribution >= 4 is 12.0 Å². The molecule has 1 spiro atoms. The predicted octanol–water partition coefficient (Wildman–Crippen LogP) is 0.742. The minimum atomic E-state index is -0.509. The van der Waals surface area contributed by atoms with Crippen LogP contribution in [0.4, 0.5) is 4.79 Å². The molecule has 2 N–H and O–H groups in total. The summed E-state index contributed by atoms with van der Waals surface area (Å²) in [6, 6.07) is 0. The Balaban J connectivity index is 1.98. The summed E-state index contributed by atoms with van der Waals surface area (Å²) in [5, 5.41) is 12.3. The molecule has 20 heavy (non-hydrogen) atoms. The number of aliphatic hydroxyl groups excluding tert-OH is 1. The summed E-state index contributed by atoms with van der Waals surface area (Å²) in [6.45, 7) is 7.04. The first kappa shape index (κ1) is 15.1. The molecule has 2 rings (SSSR count). The Morgan fingerprint density at radius 3 is 2.55 bits per heavy atom. The maximum absolute atomic E-state index is 12.1. The second kappa shape index (κ2) is 5.24. The van der Waals surface area contributed by atoms with Gasteiger partial charge in [0.2, 0.25) is 5.91 Å². The van der Waals surface area contributed by atoms with Crippen molar-refractivity contribution in [1.29, 1.82) is 0 Å². The van der Waals surface area contributed by atoms with Crippen molar-refractivity contribution < 1.29 is 19.4 Å². The average Bonchev–Trinajstić information content (AvgIpc) is 2.65. The molecule has 6 heteroatoms. The van der Waals surface area contributed by atoms with E-state index in [4.69, 9.17) is 4.74 Å². The van der Waals surface area contributed by atoms with E-state index in [-0.39, 0.29) is 24.5 Å². The van der Waals surface area contributed by atoms with Crippen LogP contribution in [-0.2, 0) is 9.53 Å². The molecular weight excluding hydrogens is 260 g/mol. The molecule has 0 saturated carbocycles. The summed E-state index contributed by atoms with van der Waals surface area (Å²) < 4.78 is 5.35. The van der Waals surface area contributed by atoms with Gasteiger partial charge < -0.3 is 20.1 Å². The van der Waals surface area contributed by atoms with Gasteiger partial charge in [0.1, 0.15) is 5.60 Å². The van der Waals surface area contributed by atoms with E-state index in [9.17, 15) is 14.7 Å². The second-order valence-electron chi connectivity index (χ2n) is 6.71. The van der Waals surface area contributed by atoms with Crippen LogP contribution in [0, 0.1) is 11.3 Å². The van der Waals surface area contributed by atoms with Gasteiger partial charge in [-0.1, -0.05) is 0 Å². The largest absolute Gasteiger partial charge is 0.444 e. The maximum atomic E-state index is 12.1. The number of piperidine rings is 1. The molecule has 0 radical (unpaired) electrons. The Kier molecular flexibility index (Phi) is 3.95. The highest BCUT2D eigenvalue weighted by Crippen LogP contribution is 2.42. The molecule has 0 aliphatic carbocycles. The third-order valence-electron chi connectivity index (χ3n) is 4.27. The van der Waals surface area contributed by atoms with Crippen molar-refractivity contribution in [3.63, 3.8) is 0 Å². The number of aliphatic hydroxyl groups is 1. The first-order valence-electron chi connectivity index (χ1n) is 7.15. The molecule has 2 amide bonds. The Bertz CT molecular complexity index is 394. The standard InChI is InChI=1S/C14H24N2O4/c1-13(2,3)20-12(19)16-6-4-14(5-7-16)10(9-17)8-15-11(14)18/h10,17H,4-9H2,1-3H3,(H,15,18). The monoisotopic (exact) mass is 284 g/mol. The van der Waals surface area contributed by atoms with Crippen molar-refractivity contribution in [1.82, 2.24) is 10.2 Å². The molecular formula is C14H24N2O4. The van der Waals surface area contributed by atoms with E-state index in [0.29, 0.717) is 32.5 Å². The van der Waals surface area contributed by atoms with Crippen molar-refractivity contribution in [3.8, 4) is 0 Å². The van der Waals surface area contributed by atoms with E-state index < -0.39 is 11.0 Å². The highest BCUT2D eigenvalue weighted by molar-refractivity contribution is 5.85. The maximum Gasteiger partial charge on any atom is 0.410 e. The topological polar surface area (TPSA) is 78.9 Å². The first-order chi connectivity index (χ1) is 9.28.